The Morgan fingerprint density at radius 3 is 0.870 bits per heavy atom. The van der Waals surface area contributed by atoms with E-state index in [2.05, 4.69) is 186 Å². The highest BCUT2D eigenvalue weighted by Crippen LogP contribution is 2.38. The SMILES string of the molecule is CC(C)Cc1ccc2c3ccc(CC(C)C)cc3n(-c3cccc(-c4cccc(-n5c6cc(CC(C)C)ccc6c6ccc(CC(C)C)cc65)c4)c3)c2c1. The molecule has 0 spiro atoms. The summed E-state index contributed by atoms with van der Waals surface area (Å²) in [6.07, 6.45) is 4.29. The van der Waals surface area contributed by atoms with Crippen molar-refractivity contribution >= 4 is 43.6 Å². The third kappa shape index (κ3) is 7.00. The highest BCUT2D eigenvalue weighted by atomic mass is 15.0. The lowest BCUT2D eigenvalue weighted by Gasteiger charge is -2.14. The third-order valence-corrected chi connectivity index (χ3v) is 10.9. The highest BCUT2D eigenvalue weighted by molar-refractivity contribution is 6.10. The Labute approximate surface area is 322 Å². The zero-order chi connectivity index (χ0) is 37.7. The number of aromatic nitrogens is 2. The van der Waals surface area contributed by atoms with E-state index in [-0.39, 0.29) is 0 Å². The molecule has 0 radical (unpaired) electrons. The van der Waals surface area contributed by atoms with Gasteiger partial charge in [-0.2, -0.15) is 0 Å². The van der Waals surface area contributed by atoms with Crippen molar-refractivity contribution in [1.82, 2.24) is 9.13 Å². The largest absolute Gasteiger partial charge is 0.309 e. The van der Waals surface area contributed by atoms with E-state index in [0.29, 0.717) is 23.7 Å². The van der Waals surface area contributed by atoms with E-state index in [0.717, 1.165) is 25.7 Å². The molecule has 0 saturated heterocycles. The minimum absolute atomic E-state index is 0.603. The van der Waals surface area contributed by atoms with Gasteiger partial charge in [-0.3, -0.25) is 0 Å². The van der Waals surface area contributed by atoms with Crippen molar-refractivity contribution in [2.75, 3.05) is 0 Å². The van der Waals surface area contributed by atoms with E-state index in [4.69, 9.17) is 0 Å². The van der Waals surface area contributed by atoms with Crippen LogP contribution >= 0.6 is 0 Å². The van der Waals surface area contributed by atoms with Crippen molar-refractivity contribution in [2.24, 2.45) is 23.7 Å². The molecule has 0 saturated carbocycles. The van der Waals surface area contributed by atoms with Crippen LogP contribution in [-0.4, -0.2) is 9.13 Å². The van der Waals surface area contributed by atoms with Crippen LogP contribution in [0.15, 0.2) is 121 Å². The van der Waals surface area contributed by atoms with Gasteiger partial charge < -0.3 is 9.13 Å². The molecule has 2 heterocycles. The summed E-state index contributed by atoms with van der Waals surface area (Å²) in [5.74, 6) is 2.41. The first-order chi connectivity index (χ1) is 26.0. The van der Waals surface area contributed by atoms with Crippen LogP contribution in [0.3, 0.4) is 0 Å². The molecule has 2 nitrogen and oxygen atoms in total. The fourth-order valence-electron chi connectivity index (χ4n) is 8.82. The molecule has 8 aromatic rings. The maximum absolute atomic E-state index is 2.52. The zero-order valence-electron chi connectivity index (χ0n) is 33.6. The van der Waals surface area contributed by atoms with Crippen molar-refractivity contribution in [1.29, 1.82) is 0 Å². The third-order valence-electron chi connectivity index (χ3n) is 10.9. The molecule has 274 valence electrons. The van der Waals surface area contributed by atoms with E-state index in [9.17, 15) is 0 Å². The van der Waals surface area contributed by atoms with Crippen LogP contribution in [0.2, 0.25) is 0 Å². The molecule has 2 aromatic heterocycles. The first-order valence-corrected chi connectivity index (χ1v) is 20.4. The summed E-state index contributed by atoms with van der Waals surface area (Å²) in [5.41, 5.74) is 15.6. The fourth-order valence-corrected chi connectivity index (χ4v) is 8.82. The van der Waals surface area contributed by atoms with Crippen molar-refractivity contribution in [3.63, 3.8) is 0 Å². The van der Waals surface area contributed by atoms with Gasteiger partial charge in [-0.25, -0.2) is 0 Å². The molecule has 0 amide bonds. The Morgan fingerprint density at radius 2 is 0.611 bits per heavy atom. The van der Waals surface area contributed by atoms with Crippen molar-refractivity contribution in [3.8, 4) is 22.5 Å². The van der Waals surface area contributed by atoms with E-state index in [1.54, 1.807) is 0 Å². The monoisotopic (exact) mass is 708 g/mol. The summed E-state index contributed by atoms with van der Waals surface area (Å²) < 4.78 is 5.04. The Bertz CT molecular complexity index is 2300. The minimum Gasteiger partial charge on any atom is -0.309 e. The molecule has 0 N–H and O–H groups in total. The molecular formula is C52H56N2. The van der Waals surface area contributed by atoms with E-state index < -0.39 is 0 Å². The molecule has 0 aliphatic heterocycles. The molecule has 54 heavy (non-hydrogen) atoms. The van der Waals surface area contributed by atoms with Crippen molar-refractivity contribution in [3.05, 3.63) is 144 Å². The molecular weight excluding hydrogens is 653 g/mol. The van der Waals surface area contributed by atoms with E-state index in [1.165, 1.54) is 88.4 Å². The molecule has 6 aromatic carbocycles. The van der Waals surface area contributed by atoms with Gasteiger partial charge in [0.1, 0.15) is 0 Å². The van der Waals surface area contributed by atoms with Crippen molar-refractivity contribution < 1.29 is 0 Å². The average Bonchev–Trinajstić information content (AvgIpc) is 3.61. The lowest BCUT2D eigenvalue weighted by Crippen LogP contribution is -1.99. The second kappa shape index (κ2) is 14.6. The Kier molecular flexibility index (Phi) is 9.73. The number of nitrogens with zero attached hydrogens (tertiary/aromatic N) is 2. The lowest BCUT2D eigenvalue weighted by atomic mass is 10.00. The Morgan fingerprint density at radius 1 is 0.333 bits per heavy atom. The van der Waals surface area contributed by atoms with Crippen LogP contribution in [0.25, 0.3) is 66.1 Å². The van der Waals surface area contributed by atoms with E-state index >= 15 is 0 Å². The first-order valence-electron chi connectivity index (χ1n) is 20.4. The quantitative estimate of drug-likeness (QED) is 0.127. The number of hydrogen-bond acceptors (Lipinski definition) is 0. The standard InChI is InChI=1S/C52H56N2/c1-33(2)23-37-15-19-45-46-20-16-38(24-34(3)4)28-50(46)53(49(45)27-37)43-13-9-11-41(31-43)42-12-10-14-44(32-42)54-51-29-39(25-35(5)6)17-21-47(51)48-22-18-40(26-36(7)8)30-52(48)54/h9-22,27-36H,23-26H2,1-8H3. The molecule has 0 fully saturated rings. The van der Waals surface area contributed by atoms with Crippen LogP contribution in [-0.2, 0) is 25.7 Å². The molecule has 0 unspecified atom stereocenters. The van der Waals surface area contributed by atoms with Gasteiger partial charge in [0.2, 0.25) is 0 Å². The fraction of sp³-hybridized carbons (Fsp3) is 0.308. The molecule has 0 bridgehead atoms. The van der Waals surface area contributed by atoms with Gasteiger partial charge in [-0.1, -0.05) is 128 Å². The molecule has 0 atom stereocenters. The predicted octanol–water partition coefficient (Wildman–Crippen LogP) is 14.3. The van der Waals surface area contributed by atoms with Gasteiger partial charge in [0.15, 0.2) is 0 Å². The first kappa shape index (κ1) is 35.9. The van der Waals surface area contributed by atoms with E-state index in [1.807, 2.05) is 0 Å². The average molecular weight is 709 g/mol. The second-order valence-corrected chi connectivity index (χ2v) is 17.6. The summed E-state index contributed by atoms with van der Waals surface area (Å²) >= 11 is 0. The van der Waals surface area contributed by atoms with Crippen LogP contribution < -0.4 is 0 Å². The molecule has 2 heteroatoms. The van der Waals surface area contributed by atoms with Gasteiger partial charge in [-0.15, -0.1) is 0 Å². The van der Waals surface area contributed by atoms with Crippen LogP contribution in [0.1, 0.15) is 77.6 Å². The molecule has 0 aliphatic carbocycles. The molecule has 8 rings (SSSR count). The van der Waals surface area contributed by atoms with Crippen LogP contribution in [0, 0.1) is 23.7 Å². The maximum Gasteiger partial charge on any atom is 0.0543 e. The van der Waals surface area contributed by atoms with Crippen LogP contribution in [0.5, 0.6) is 0 Å². The summed E-state index contributed by atoms with van der Waals surface area (Å²) in [6.45, 7) is 18.5. The second-order valence-electron chi connectivity index (χ2n) is 17.6. The Balaban J connectivity index is 1.29. The smallest absolute Gasteiger partial charge is 0.0543 e. The minimum atomic E-state index is 0.603. The Hall–Kier alpha value is -5.08. The number of fused-ring (bicyclic) bond motifs is 6. The predicted molar refractivity (Wildman–Crippen MR) is 235 cm³/mol. The van der Waals surface area contributed by atoms with Gasteiger partial charge in [0.25, 0.3) is 0 Å². The van der Waals surface area contributed by atoms with Gasteiger partial charge in [-0.05, 0) is 131 Å². The number of benzene rings is 6. The topological polar surface area (TPSA) is 9.86 Å². The van der Waals surface area contributed by atoms with Gasteiger partial charge in [0, 0.05) is 32.9 Å². The van der Waals surface area contributed by atoms with Crippen LogP contribution in [0.4, 0.5) is 0 Å². The summed E-state index contributed by atoms with van der Waals surface area (Å²) in [4.78, 5) is 0. The maximum atomic E-state index is 2.52. The lowest BCUT2D eigenvalue weighted by molar-refractivity contribution is 0.647. The highest BCUT2D eigenvalue weighted by Gasteiger charge is 2.18. The summed E-state index contributed by atoms with van der Waals surface area (Å²) in [6, 6.07) is 46.9. The van der Waals surface area contributed by atoms with Crippen molar-refractivity contribution in [2.45, 2.75) is 81.1 Å². The van der Waals surface area contributed by atoms with Gasteiger partial charge >= 0.3 is 0 Å². The number of rotatable bonds is 11. The summed E-state index contributed by atoms with van der Waals surface area (Å²) in [7, 11) is 0. The zero-order valence-corrected chi connectivity index (χ0v) is 33.6. The number of hydrogen-bond donors (Lipinski definition) is 0. The van der Waals surface area contributed by atoms with Gasteiger partial charge in [0.05, 0.1) is 22.1 Å². The molecule has 0 aliphatic rings. The summed E-state index contributed by atoms with van der Waals surface area (Å²) in [5, 5.41) is 5.28. The normalized spacial score (nSPS) is 12.3.